The molecule has 32 heavy (non-hydrogen) atoms. The lowest BCUT2D eigenvalue weighted by Crippen LogP contribution is -2.56. The van der Waals surface area contributed by atoms with Gasteiger partial charge in [-0.25, -0.2) is 4.79 Å². The molecule has 1 aromatic heterocycles. The van der Waals surface area contributed by atoms with Gasteiger partial charge in [0.1, 0.15) is 6.04 Å². The number of anilines is 1. The Morgan fingerprint density at radius 3 is 2.66 bits per heavy atom. The molecule has 2 aromatic rings. The molecule has 170 valence electrons. The van der Waals surface area contributed by atoms with Crippen LogP contribution in [0.1, 0.15) is 37.4 Å². The van der Waals surface area contributed by atoms with Crippen molar-refractivity contribution in [3.8, 4) is 0 Å². The number of urea groups is 1. The highest BCUT2D eigenvalue weighted by Crippen LogP contribution is 2.35. The smallest absolute Gasteiger partial charge is 0.318 e. The number of aryl methyl sites for hydroxylation is 1. The first-order chi connectivity index (χ1) is 15.2. The Kier molecular flexibility index (Phi) is 6.29. The molecule has 3 heterocycles. The molecule has 4 rings (SSSR count). The number of likely N-dealkylation sites (tertiary alicyclic amines) is 1. The van der Waals surface area contributed by atoms with Gasteiger partial charge in [-0.3, -0.25) is 9.59 Å². The molecule has 0 aliphatic carbocycles. The first kappa shape index (κ1) is 22.4. The maximum atomic E-state index is 13.1. The Bertz CT molecular complexity index is 1100. The molecule has 3 atom stereocenters. The van der Waals surface area contributed by atoms with Crippen molar-refractivity contribution in [2.75, 3.05) is 18.4 Å². The first-order valence-electron chi connectivity index (χ1n) is 11.0. The van der Waals surface area contributed by atoms with E-state index in [1.807, 2.05) is 37.5 Å². The number of pyridine rings is 1. The van der Waals surface area contributed by atoms with Crippen LogP contribution in [-0.2, 0) is 11.3 Å². The van der Waals surface area contributed by atoms with Crippen LogP contribution >= 0.6 is 11.6 Å². The quantitative estimate of drug-likeness (QED) is 0.737. The van der Waals surface area contributed by atoms with Crippen molar-refractivity contribution in [2.24, 2.45) is 11.8 Å². The van der Waals surface area contributed by atoms with Gasteiger partial charge < -0.3 is 20.1 Å². The van der Waals surface area contributed by atoms with E-state index in [0.717, 1.165) is 17.7 Å². The summed E-state index contributed by atoms with van der Waals surface area (Å²) in [5, 5.41) is 6.38. The molecular weight excluding hydrogens is 428 g/mol. The fourth-order valence-electron chi connectivity index (χ4n) is 4.76. The highest BCUT2D eigenvalue weighted by atomic mass is 35.5. The molecule has 7 nitrogen and oxygen atoms in total. The molecule has 3 amide bonds. The number of benzene rings is 1. The minimum absolute atomic E-state index is 0.0166. The predicted molar refractivity (Wildman–Crippen MR) is 125 cm³/mol. The summed E-state index contributed by atoms with van der Waals surface area (Å²) in [6.07, 6.45) is 0.968. The largest absolute Gasteiger partial charge is 0.326 e. The number of rotatable bonds is 4. The number of aromatic nitrogens is 1. The van der Waals surface area contributed by atoms with Gasteiger partial charge >= 0.3 is 6.03 Å². The molecule has 0 spiro atoms. The Morgan fingerprint density at radius 2 is 1.91 bits per heavy atom. The number of hydrogen-bond acceptors (Lipinski definition) is 3. The fraction of sp³-hybridized carbons (Fsp3) is 0.458. The minimum Gasteiger partial charge on any atom is -0.326 e. The molecule has 8 heteroatoms. The molecule has 2 bridgehead atoms. The van der Waals surface area contributed by atoms with Crippen LogP contribution < -0.4 is 16.2 Å². The second-order valence-corrected chi connectivity index (χ2v) is 9.66. The number of piperidine rings is 1. The summed E-state index contributed by atoms with van der Waals surface area (Å²) in [6.45, 7) is 7.43. The van der Waals surface area contributed by atoms with Crippen LogP contribution in [0.4, 0.5) is 10.5 Å². The van der Waals surface area contributed by atoms with Crippen LogP contribution in [0.2, 0.25) is 5.02 Å². The highest BCUT2D eigenvalue weighted by Gasteiger charge is 2.37. The number of carbonyl (C=O) groups is 2. The molecular formula is C24H29ClN4O3. The van der Waals surface area contributed by atoms with E-state index in [2.05, 4.69) is 10.6 Å². The normalized spacial score (nSPS) is 20.5. The maximum absolute atomic E-state index is 13.1. The lowest BCUT2D eigenvalue weighted by Gasteiger charge is -2.43. The number of hydrogen-bond donors (Lipinski definition) is 2. The number of nitrogens with zero attached hydrogens (tertiary/aromatic N) is 2. The van der Waals surface area contributed by atoms with Gasteiger partial charge in [-0.1, -0.05) is 37.6 Å². The second-order valence-electron chi connectivity index (χ2n) is 9.22. The average molecular weight is 457 g/mol. The molecule has 1 fully saturated rings. The SMILES string of the molecule is Cc1ccc(Cl)cc1NC(=O)C(NC(=O)N1CC2CC(C1)c1cccc(=O)n1C2)C(C)C. The summed E-state index contributed by atoms with van der Waals surface area (Å²) < 4.78 is 1.84. The van der Waals surface area contributed by atoms with Crippen molar-refractivity contribution in [3.05, 3.63) is 63.0 Å². The van der Waals surface area contributed by atoms with Crippen LogP contribution in [0.15, 0.2) is 41.2 Å². The Morgan fingerprint density at radius 1 is 1.12 bits per heavy atom. The fourth-order valence-corrected chi connectivity index (χ4v) is 4.93. The molecule has 2 aliphatic heterocycles. The van der Waals surface area contributed by atoms with E-state index in [1.165, 1.54) is 0 Å². The zero-order chi connectivity index (χ0) is 23.0. The van der Waals surface area contributed by atoms with Crippen molar-refractivity contribution in [3.63, 3.8) is 0 Å². The van der Waals surface area contributed by atoms with Gasteiger partial charge in [-0.15, -0.1) is 0 Å². The summed E-state index contributed by atoms with van der Waals surface area (Å²) in [6, 6.07) is 9.73. The predicted octanol–water partition coefficient (Wildman–Crippen LogP) is 3.60. The van der Waals surface area contributed by atoms with Crippen molar-refractivity contribution >= 4 is 29.2 Å². The van der Waals surface area contributed by atoms with Crippen LogP contribution in [0.3, 0.4) is 0 Å². The average Bonchev–Trinajstić information content (AvgIpc) is 2.74. The van der Waals surface area contributed by atoms with Crippen molar-refractivity contribution in [2.45, 2.75) is 45.7 Å². The number of carbonyl (C=O) groups excluding carboxylic acids is 2. The van der Waals surface area contributed by atoms with Gasteiger partial charge in [-0.05, 0) is 48.9 Å². The molecule has 1 aromatic carbocycles. The number of amides is 3. The monoisotopic (exact) mass is 456 g/mol. The van der Waals surface area contributed by atoms with E-state index in [1.54, 1.807) is 29.2 Å². The third-order valence-corrected chi connectivity index (χ3v) is 6.69. The number of nitrogens with one attached hydrogen (secondary N) is 2. The molecule has 3 unspecified atom stereocenters. The molecule has 0 radical (unpaired) electrons. The Hall–Kier alpha value is -2.80. The molecule has 1 saturated heterocycles. The minimum atomic E-state index is -0.683. The van der Waals surface area contributed by atoms with Gasteiger partial charge in [0.05, 0.1) is 0 Å². The standard InChI is InChI=1S/C24H29ClN4O3/c1-14(2)22(23(31)26-19-10-18(25)8-7-15(19)3)27-24(32)28-11-16-9-17(13-28)20-5-4-6-21(30)29(20)12-16/h4-8,10,14,16-17,22H,9,11-13H2,1-3H3,(H,26,31)(H,27,32). The van der Waals surface area contributed by atoms with Crippen molar-refractivity contribution < 1.29 is 9.59 Å². The maximum Gasteiger partial charge on any atom is 0.318 e. The van der Waals surface area contributed by atoms with Gasteiger partial charge in [0.25, 0.3) is 5.56 Å². The van der Waals surface area contributed by atoms with E-state index in [4.69, 9.17) is 11.6 Å². The summed E-state index contributed by atoms with van der Waals surface area (Å²) in [5.74, 6) is -0.00928. The van der Waals surface area contributed by atoms with E-state index >= 15 is 0 Å². The third-order valence-electron chi connectivity index (χ3n) is 6.45. The zero-order valence-corrected chi connectivity index (χ0v) is 19.4. The lowest BCUT2D eigenvalue weighted by atomic mass is 9.83. The van der Waals surface area contributed by atoms with E-state index in [-0.39, 0.29) is 35.3 Å². The van der Waals surface area contributed by atoms with Gasteiger partial charge in [-0.2, -0.15) is 0 Å². The Labute approximate surface area is 192 Å². The van der Waals surface area contributed by atoms with Gasteiger partial charge in [0, 0.05) is 48.0 Å². The summed E-state index contributed by atoms with van der Waals surface area (Å²) in [7, 11) is 0. The van der Waals surface area contributed by atoms with Crippen molar-refractivity contribution in [1.29, 1.82) is 0 Å². The molecule has 2 aliphatic rings. The lowest BCUT2D eigenvalue weighted by molar-refractivity contribution is -0.118. The summed E-state index contributed by atoms with van der Waals surface area (Å²) in [5.41, 5.74) is 2.54. The van der Waals surface area contributed by atoms with Crippen molar-refractivity contribution in [1.82, 2.24) is 14.8 Å². The van der Waals surface area contributed by atoms with Crippen LogP contribution in [0.5, 0.6) is 0 Å². The van der Waals surface area contributed by atoms with Gasteiger partial charge in [0.15, 0.2) is 0 Å². The summed E-state index contributed by atoms with van der Waals surface area (Å²) >= 11 is 6.07. The molecule has 0 saturated carbocycles. The molecule has 2 N–H and O–H groups in total. The Balaban J connectivity index is 1.46. The number of fused-ring (bicyclic) bond motifs is 4. The summed E-state index contributed by atoms with van der Waals surface area (Å²) in [4.78, 5) is 40.2. The van der Waals surface area contributed by atoms with Crippen LogP contribution in [0, 0.1) is 18.8 Å². The van der Waals surface area contributed by atoms with Crippen LogP contribution in [0.25, 0.3) is 0 Å². The van der Waals surface area contributed by atoms with Crippen LogP contribution in [-0.4, -0.2) is 40.5 Å². The van der Waals surface area contributed by atoms with E-state index in [0.29, 0.717) is 30.3 Å². The second kappa shape index (κ2) is 8.98. The van der Waals surface area contributed by atoms with E-state index in [9.17, 15) is 14.4 Å². The zero-order valence-electron chi connectivity index (χ0n) is 18.6. The highest BCUT2D eigenvalue weighted by molar-refractivity contribution is 6.31. The van der Waals surface area contributed by atoms with Gasteiger partial charge in [0.2, 0.25) is 5.91 Å². The first-order valence-corrected chi connectivity index (χ1v) is 11.4. The van der Waals surface area contributed by atoms with E-state index < -0.39 is 6.04 Å². The number of halogens is 1. The topological polar surface area (TPSA) is 83.4 Å². The third kappa shape index (κ3) is 4.53.